The first-order chi connectivity index (χ1) is 8.33. The van der Waals surface area contributed by atoms with Crippen LogP contribution in [0.15, 0.2) is 42.5 Å². The standard InChI is InChI=1S/C15H15NO/c17-15-7-9-16(10-8-15)14-6-5-12-3-1-2-4-13(12)11-14/h1-6,11H,7-10H2. The van der Waals surface area contributed by atoms with Gasteiger partial charge in [-0.1, -0.05) is 30.3 Å². The predicted octanol–water partition coefficient (Wildman–Crippen LogP) is 3.01. The molecular formula is C15H15NO. The van der Waals surface area contributed by atoms with Gasteiger partial charge >= 0.3 is 0 Å². The number of rotatable bonds is 1. The Hall–Kier alpha value is -1.83. The highest BCUT2D eigenvalue weighted by Gasteiger charge is 2.16. The lowest BCUT2D eigenvalue weighted by atomic mass is 10.1. The van der Waals surface area contributed by atoms with Crippen LogP contribution in [0.1, 0.15) is 12.8 Å². The van der Waals surface area contributed by atoms with Gasteiger partial charge in [0.25, 0.3) is 0 Å². The van der Waals surface area contributed by atoms with Crippen LogP contribution in [-0.2, 0) is 4.79 Å². The van der Waals surface area contributed by atoms with Crippen molar-refractivity contribution >= 4 is 22.2 Å². The Morgan fingerprint density at radius 3 is 2.35 bits per heavy atom. The molecule has 0 unspecified atom stereocenters. The summed E-state index contributed by atoms with van der Waals surface area (Å²) in [4.78, 5) is 13.5. The number of carbonyl (C=O) groups is 1. The van der Waals surface area contributed by atoms with E-state index in [1.54, 1.807) is 0 Å². The van der Waals surface area contributed by atoms with Crippen LogP contribution in [0.5, 0.6) is 0 Å². The second kappa shape index (κ2) is 4.21. The van der Waals surface area contributed by atoms with Crippen LogP contribution in [0.4, 0.5) is 5.69 Å². The second-order valence-electron chi connectivity index (χ2n) is 4.56. The highest BCUT2D eigenvalue weighted by molar-refractivity contribution is 5.86. The van der Waals surface area contributed by atoms with Gasteiger partial charge in [-0.05, 0) is 22.9 Å². The molecule has 0 saturated carbocycles. The van der Waals surface area contributed by atoms with Crippen LogP contribution in [0.3, 0.4) is 0 Å². The molecule has 0 atom stereocenters. The van der Waals surface area contributed by atoms with Crippen molar-refractivity contribution in [3.63, 3.8) is 0 Å². The number of ketones is 1. The molecule has 2 aromatic rings. The summed E-state index contributed by atoms with van der Waals surface area (Å²) in [5.74, 6) is 0.391. The number of hydrogen-bond acceptors (Lipinski definition) is 2. The minimum atomic E-state index is 0.391. The topological polar surface area (TPSA) is 20.3 Å². The zero-order valence-corrected chi connectivity index (χ0v) is 9.73. The number of anilines is 1. The van der Waals surface area contributed by atoms with Gasteiger partial charge in [-0.3, -0.25) is 4.79 Å². The molecule has 0 radical (unpaired) electrons. The van der Waals surface area contributed by atoms with Crippen LogP contribution in [0.2, 0.25) is 0 Å². The molecule has 1 aliphatic rings. The third-order valence-electron chi connectivity index (χ3n) is 3.42. The van der Waals surface area contributed by atoms with Gasteiger partial charge in [0.05, 0.1) is 0 Å². The third kappa shape index (κ3) is 2.03. The smallest absolute Gasteiger partial charge is 0.136 e. The Kier molecular flexibility index (Phi) is 2.56. The molecule has 0 aliphatic carbocycles. The maximum atomic E-state index is 11.2. The van der Waals surface area contributed by atoms with E-state index >= 15 is 0 Å². The van der Waals surface area contributed by atoms with Gasteiger partial charge in [0, 0.05) is 31.6 Å². The van der Waals surface area contributed by atoms with Crippen molar-refractivity contribution in [1.29, 1.82) is 0 Å². The van der Waals surface area contributed by atoms with E-state index in [9.17, 15) is 4.79 Å². The Bertz CT molecular complexity index is 552. The molecule has 17 heavy (non-hydrogen) atoms. The number of piperidine rings is 1. The Balaban J connectivity index is 1.92. The van der Waals surface area contributed by atoms with Gasteiger partial charge in [0.15, 0.2) is 0 Å². The summed E-state index contributed by atoms with van der Waals surface area (Å²) in [5.41, 5.74) is 1.23. The van der Waals surface area contributed by atoms with Gasteiger partial charge < -0.3 is 4.90 Å². The molecule has 3 rings (SSSR count). The zero-order valence-electron chi connectivity index (χ0n) is 9.73. The molecule has 2 heteroatoms. The molecule has 1 fully saturated rings. The fourth-order valence-corrected chi connectivity index (χ4v) is 2.39. The monoisotopic (exact) mass is 225 g/mol. The molecule has 0 amide bonds. The molecule has 2 aromatic carbocycles. The summed E-state index contributed by atoms with van der Waals surface area (Å²) in [6.07, 6.45) is 1.37. The van der Waals surface area contributed by atoms with E-state index in [2.05, 4.69) is 47.4 Å². The van der Waals surface area contributed by atoms with Crippen LogP contribution in [-0.4, -0.2) is 18.9 Å². The summed E-state index contributed by atoms with van der Waals surface area (Å²) in [5, 5.41) is 2.53. The third-order valence-corrected chi connectivity index (χ3v) is 3.42. The van der Waals surface area contributed by atoms with E-state index in [1.807, 2.05) is 0 Å². The summed E-state index contributed by atoms with van der Waals surface area (Å²) in [6.45, 7) is 1.72. The van der Waals surface area contributed by atoms with E-state index in [1.165, 1.54) is 16.5 Å². The van der Waals surface area contributed by atoms with Crippen molar-refractivity contribution in [3.8, 4) is 0 Å². The number of fused-ring (bicyclic) bond motifs is 1. The lowest BCUT2D eigenvalue weighted by Gasteiger charge is -2.28. The Morgan fingerprint density at radius 1 is 0.882 bits per heavy atom. The van der Waals surface area contributed by atoms with Crippen molar-refractivity contribution in [2.24, 2.45) is 0 Å². The van der Waals surface area contributed by atoms with E-state index in [0.717, 1.165) is 13.1 Å². The molecular weight excluding hydrogens is 210 g/mol. The average molecular weight is 225 g/mol. The summed E-state index contributed by atoms with van der Waals surface area (Å²) in [6, 6.07) is 14.9. The number of Topliss-reactive ketones (excluding diaryl/α,β-unsaturated/α-hetero) is 1. The lowest BCUT2D eigenvalue weighted by Crippen LogP contribution is -2.33. The van der Waals surface area contributed by atoms with Crippen molar-refractivity contribution in [2.75, 3.05) is 18.0 Å². The molecule has 0 N–H and O–H groups in total. The number of carbonyl (C=O) groups excluding carboxylic acids is 1. The molecule has 0 bridgehead atoms. The van der Waals surface area contributed by atoms with Crippen molar-refractivity contribution in [2.45, 2.75) is 12.8 Å². The first-order valence-electron chi connectivity index (χ1n) is 6.08. The van der Waals surface area contributed by atoms with Crippen LogP contribution in [0.25, 0.3) is 10.8 Å². The first-order valence-corrected chi connectivity index (χ1v) is 6.08. The maximum Gasteiger partial charge on any atom is 0.136 e. The highest BCUT2D eigenvalue weighted by Crippen LogP contribution is 2.23. The molecule has 86 valence electrons. The van der Waals surface area contributed by atoms with E-state index in [-0.39, 0.29) is 0 Å². The van der Waals surface area contributed by atoms with Crippen molar-refractivity contribution in [1.82, 2.24) is 0 Å². The van der Waals surface area contributed by atoms with Gasteiger partial charge in [-0.15, -0.1) is 0 Å². The minimum absolute atomic E-state index is 0.391. The summed E-state index contributed by atoms with van der Waals surface area (Å²) in [7, 11) is 0. The minimum Gasteiger partial charge on any atom is -0.371 e. The van der Waals surface area contributed by atoms with E-state index < -0.39 is 0 Å². The maximum absolute atomic E-state index is 11.2. The molecule has 2 nitrogen and oxygen atoms in total. The summed E-state index contributed by atoms with van der Waals surface area (Å²) >= 11 is 0. The molecule has 0 aromatic heterocycles. The molecule has 1 aliphatic heterocycles. The second-order valence-corrected chi connectivity index (χ2v) is 4.56. The van der Waals surface area contributed by atoms with Crippen LogP contribution >= 0.6 is 0 Å². The van der Waals surface area contributed by atoms with Gasteiger partial charge in [0.1, 0.15) is 5.78 Å². The predicted molar refractivity (Wildman–Crippen MR) is 70.4 cm³/mol. The van der Waals surface area contributed by atoms with Crippen molar-refractivity contribution in [3.05, 3.63) is 42.5 Å². The SMILES string of the molecule is O=C1CCN(c2ccc3ccccc3c2)CC1. The fourth-order valence-electron chi connectivity index (χ4n) is 2.39. The van der Waals surface area contributed by atoms with Crippen LogP contribution < -0.4 is 4.90 Å². The normalized spacial score (nSPS) is 16.5. The Morgan fingerprint density at radius 2 is 1.59 bits per heavy atom. The first kappa shape index (κ1) is 10.3. The highest BCUT2D eigenvalue weighted by atomic mass is 16.1. The van der Waals surface area contributed by atoms with Crippen molar-refractivity contribution < 1.29 is 4.79 Å². The molecule has 1 heterocycles. The van der Waals surface area contributed by atoms with E-state index in [0.29, 0.717) is 18.6 Å². The average Bonchev–Trinajstić information content (AvgIpc) is 2.39. The summed E-state index contributed by atoms with van der Waals surface area (Å²) < 4.78 is 0. The molecule has 1 saturated heterocycles. The largest absolute Gasteiger partial charge is 0.371 e. The number of nitrogens with zero attached hydrogens (tertiary/aromatic N) is 1. The van der Waals surface area contributed by atoms with Gasteiger partial charge in [-0.2, -0.15) is 0 Å². The van der Waals surface area contributed by atoms with Crippen LogP contribution in [0, 0.1) is 0 Å². The zero-order chi connectivity index (χ0) is 11.7. The number of hydrogen-bond donors (Lipinski definition) is 0. The fraction of sp³-hybridized carbons (Fsp3) is 0.267. The quantitative estimate of drug-likeness (QED) is 0.743. The number of benzene rings is 2. The van der Waals surface area contributed by atoms with Gasteiger partial charge in [0.2, 0.25) is 0 Å². The van der Waals surface area contributed by atoms with Gasteiger partial charge in [-0.25, -0.2) is 0 Å². The Labute approximate surface area is 101 Å². The lowest BCUT2D eigenvalue weighted by molar-refractivity contribution is -0.119. The molecule has 0 spiro atoms. The van der Waals surface area contributed by atoms with E-state index in [4.69, 9.17) is 0 Å².